The number of rotatable bonds is 12. The smallest absolute Gasteiger partial charge is 0.261 e. The van der Waals surface area contributed by atoms with Crippen molar-refractivity contribution < 1.29 is 18.0 Å². The quantitative estimate of drug-likeness (QED) is 0.110. The van der Waals surface area contributed by atoms with E-state index in [1.54, 1.807) is 68.6 Å². The third-order valence-corrected chi connectivity index (χ3v) is 31.5. The Morgan fingerprint density at radius 3 is 1.02 bits per heavy atom. The van der Waals surface area contributed by atoms with Gasteiger partial charge in [0.2, 0.25) is 5.91 Å². The number of aromatic nitrogens is 10. The fraction of sp³-hybridized carbons (Fsp3) is 0.405. The molecule has 15 aliphatic rings. The number of fused-ring (bicyclic) bond motifs is 25. The van der Waals surface area contributed by atoms with E-state index in [1.807, 2.05) is 105 Å². The highest BCUT2D eigenvalue weighted by atomic mass is 35.5. The number of aryl methyl sites for hydroxylation is 2. The van der Waals surface area contributed by atoms with Gasteiger partial charge in [0, 0.05) is 249 Å². The van der Waals surface area contributed by atoms with Gasteiger partial charge in [-0.3, -0.25) is 51.6 Å². The van der Waals surface area contributed by atoms with Gasteiger partial charge in [0.25, 0.3) is 27.8 Å². The molecule has 740 valence electrons. The number of anilines is 5. The number of hydrogen-bond acceptors (Lipinski definition) is 22. The first-order valence-electron chi connectivity index (χ1n) is 50.5. The Morgan fingerprint density at radius 2 is 0.678 bits per heavy atom. The number of hydrogen-bond donors (Lipinski definition) is 0. The fourth-order valence-electron chi connectivity index (χ4n) is 22.9. The zero-order valence-corrected chi connectivity index (χ0v) is 83.3. The molecule has 0 radical (unpaired) electrons. The third kappa shape index (κ3) is 19.8. The van der Waals surface area contributed by atoms with Crippen LogP contribution < -0.4 is 52.3 Å². The topological polar surface area (TPSA) is 251 Å². The van der Waals surface area contributed by atoms with Crippen LogP contribution >= 0.6 is 11.6 Å². The molecule has 29 rings (SSSR count). The van der Waals surface area contributed by atoms with Crippen LogP contribution in [-0.2, 0) is 46.0 Å². The number of piperidine rings is 5. The summed E-state index contributed by atoms with van der Waals surface area (Å²) < 4.78 is 50.0. The van der Waals surface area contributed by atoms with E-state index < -0.39 is 17.5 Å². The molecule has 0 saturated carbocycles. The van der Waals surface area contributed by atoms with Crippen molar-refractivity contribution in [3.05, 3.63) is 267 Å². The van der Waals surface area contributed by atoms with Gasteiger partial charge in [-0.1, -0.05) is 66.6 Å². The molecular formula is C111H122ClF3N22O6. The summed E-state index contributed by atoms with van der Waals surface area (Å²) in [7, 11) is 10.1. The molecule has 0 spiro atoms. The molecule has 0 aliphatic carbocycles. The Bertz CT molecular complexity index is 7410. The monoisotopic (exact) mass is 1950 g/mol. The zero-order valence-electron chi connectivity index (χ0n) is 82.6. The molecule has 15 aliphatic heterocycles. The summed E-state index contributed by atoms with van der Waals surface area (Å²) in [5.74, 6) is -0.286. The van der Waals surface area contributed by atoms with E-state index in [9.17, 15) is 47.2 Å². The molecule has 15 fully saturated rings. The van der Waals surface area contributed by atoms with Crippen LogP contribution in [0.2, 0.25) is 5.02 Å². The Kier molecular flexibility index (Phi) is 28.1. The molecule has 20 heterocycles. The molecule has 15 saturated heterocycles. The van der Waals surface area contributed by atoms with Crippen LogP contribution in [0, 0.1) is 35.7 Å². The predicted octanol–water partition coefficient (Wildman–Crippen LogP) is 14.1. The highest BCUT2D eigenvalue weighted by Crippen LogP contribution is 2.38. The van der Waals surface area contributed by atoms with Gasteiger partial charge in [0.1, 0.15) is 35.7 Å². The Hall–Kier alpha value is -13.5. The SMILES string of the molecule is CCc1nc2ccc(N3CCN4CCC3CC4)cc2c(=O)n1CC(=O)N(C)C.Cc1cccc(-c2nc3ccc(N4CCN5CCC4CC5)cc3c(=O)n2C)c1.Cn1c(-c2cccc(C#N)c2)nc2ccc(N3CCN4CCC3CC4)cc2c1=O.Cn1c(-c2cccc(Cl)c2F)nc2ccc(N3CCN4CCC3CC4)cc2c1=O.Cn1c(-c2cccc(F)c2F)nc2ccc(N3CCN4CCC3CC4)cc2c1=O. The Balaban J connectivity index is 0.000000109. The number of carbonyl (C=O) groups excluding carboxylic acids is 1. The molecule has 0 N–H and O–H groups in total. The number of benzene rings is 9. The van der Waals surface area contributed by atoms with Crippen LogP contribution in [-0.4, -0.2) is 258 Å². The maximum absolute atomic E-state index is 14.5. The summed E-state index contributed by atoms with van der Waals surface area (Å²) in [6, 6.07) is 58.7. The van der Waals surface area contributed by atoms with Crippen LogP contribution in [0.5, 0.6) is 0 Å². The van der Waals surface area contributed by atoms with E-state index in [2.05, 4.69) is 113 Å². The van der Waals surface area contributed by atoms with Crippen molar-refractivity contribution in [3.8, 4) is 51.6 Å². The molecule has 14 aromatic rings. The van der Waals surface area contributed by atoms with Crippen molar-refractivity contribution in [3.63, 3.8) is 0 Å². The van der Waals surface area contributed by atoms with E-state index >= 15 is 0 Å². The molecule has 143 heavy (non-hydrogen) atoms. The standard InChI is InChI=1S/C23H23N5O.C23H26N4O.C22H22ClFN4O.C22H22F2N4O.C21H29N5O2/c1-26-22(17-4-2-3-16(13-17)15-24)25-21-6-5-19(14-20(21)23(26)29)28-12-11-27-9-7-18(28)8-10-27;1-16-4-3-5-17(14-16)22-24-21-7-6-19(15-20(21)23(28)25(22)2)27-13-12-26-10-8-18(27)9-11-26;2*1-26-21(16-3-2-4-18(23)20(16)24)25-19-6-5-15(13-17(19)22(26)29)28-12-11-27-9-7-14(28)8-10-27;1-4-19-22-18-6-5-16(25-12-11-24-9-7-15(25)8-10-24)13-17(18)21(28)26(19)14-20(27)23(2)3/h2-6,13-14,18H,7-12H2,1H3;3-7,14-15,18H,8-13H2,1-2H3;2*2-6,13-14H,7-12H2,1H3;5-6,13,15H,4,7-12,14H2,1-3H3. The van der Waals surface area contributed by atoms with Crippen molar-refractivity contribution >= 4 is 100 Å². The second-order valence-corrected chi connectivity index (χ2v) is 40.3. The zero-order chi connectivity index (χ0) is 99.3. The average Bonchev–Trinajstić information content (AvgIpc) is 1.76. The summed E-state index contributed by atoms with van der Waals surface area (Å²) in [5.41, 5.74) is 11.7. The van der Waals surface area contributed by atoms with Crippen LogP contribution in [0.15, 0.2) is 200 Å². The first kappa shape index (κ1) is 97.0. The van der Waals surface area contributed by atoms with Crippen LogP contribution in [0.25, 0.3) is 100 Å². The third-order valence-electron chi connectivity index (χ3n) is 31.2. The van der Waals surface area contributed by atoms with Crippen LogP contribution in [0.1, 0.15) is 88.1 Å². The molecule has 5 aromatic heterocycles. The number of amides is 1. The highest BCUT2D eigenvalue weighted by Gasteiger charge is 2.37. The van der Waals surface area contributed by atoms with Crippen molar-refractivity contribution in [1.29, 1.82) is 5.26 Å². The number of nitriles is 1. The van der Waals surface area contributed by atoms with Gasteiger partial charge in [-0.25, -0.2) is 38.1 Å². The summed E-state index contributed by atoms with van der Waals surface area (Å²) in [6.07, 6.45) is 12.3. The second kappa shape index (κ2) is 41.5. The Morgan fingerprint density at radius 1 is 0.371 bits per heavy atom. The van der Waals surface area contributed by atoms with Crippen molar-refractivity contribution in [1.82, 2.24) is 77.2 Å². The van der Waals surface area contributed by atoms with Gasteiger partial charge >= 0.3 is 0 Å². The number of carbonyl (C=O) groups is 1. The highest BCUT2D eigenvalue weighted by molar-refractivity contribution is 6.31. The lowest BCUT2D eigenvalue weighted by Crippen LogP contribution is -2.38. The molecule has 10 bridgehead atoms. The summed E-state index contributed by atoms with van der Waals surface area (Å²) >= 11 is 5.93. The summed E-state index contributed by atoms with van der Waals surface area (Å²) in [5, 5.41) is 12.2. The minimum atomic E-state index is -0.999. The lowest BCUT2D eigenvalue weighted by molar-refractivity contribution is -0.129. The minimum Gasteiger partial charge on any atom is -0.367 e. The number of likely N-dealkylation sites (N-methyl/N-ethyl adjacent to an activating group) is 1. The lowest BCUT2D eigenvalue weighted by atomic mass is 10.0. The predicted molar refractivity (Wildman–Crippen MR) is 562 cm³/mol. The van der Waals surface area contributed by atoms with Crippen molar-refractivity contribution in [2.45, 2.75) is 121 Å². The van der Waals surface area contributed by atoms with Gasteiger partial charge in [0.15, 0.2) is 17.5 Å². The summed E-state index contributed by atoms with van der Waals surface area (Å²) in [4.78, 5) is 128. The lowest BCUT2D eigenvalue weighted by Gasteiger charge is -2.33. The van der Waals surface area contributed by atoms with Gasteiger partial charge < -0.3 is 53.9 Å². The van der Waals surface area contributed by atoms with Gasteiger partial charge in [-0.05, 0) is 205 Å². The van der Waals surface area contributed by atoms with Crippen molar-refractivity contribution in [2.75, 3.05) is 169 Å². The Labute approximate surface area is 833 Å². The van der Waals surface area contributed by atoms with Gasteiger partial charge in [-0.15, -0.1) is 0 Å². The van der Waals surface area contributed by atoms with E-state index in [-0.39, 0.29) is 68.0 Å². The van der Waals surface area contributed by atoms with Gasteiger partial charge in [-0.2, -0.15) is 5.26 Å². The maximum atomic E-state index is 14.5. The molecule has 1 amide bonds. The number of halogens is 4. The van der Waals surface area contributed by atoms with Gasteiger partial charge in [0.05, 0.1) is 82.3 Å². The second-order valence-electron chi connectivity index (χ2n) is 39.9. The molecular weight excluding hydrogens is 1830 g/mol. The van der Waals surface area contributed by atoms with E-state index in [0.717, 1.165) is 193 Å². The van der Waals surface area contributed by atoms with E-state index in [1.165, 1.54) is 102 Å². The molecule has 0 unspecified atom stereocenters. The van der Waals surface area contributed by atoms with Crippen LogP contribution in [0.3, 0.4) is 0 Å². The van der Waals surface area contributed by atoms with Crippen molar-refractivity contribution in [2.24, 2.45) is 28.2 Å². The summed E-state index contributed by atoms with van der Waals surface area (Å²) in [6.45, 7) is 25.9. The van der Waals surface area contributed by atoms with E-state index in [4.69, 9.17) is 21.6 Å². The average molecular weight is 1950 g/mol. The van der Waals surface area contributed by atoms with E-state index in [0.29, 0.717) is 103 Å². The molecule has 32 heteroatoms. The van der Waals surface area contributed by atoms with Crippen LogP contribution in [0.4, 0.5) is 41.6 Å². The number of nitrogens with zero attached hydrogens (tertiary/aromatic N) is 22. The molecule has 9 aromatic carbocycles. The normalized spacial score (nSPS) is 21.6. The first-order valence-corrected chi connectivity index (χ1v) is 50.8. The fourth-order valence-corrected chi connectivity index (χ4v) is 23.1. The largest absolute Gasteiger partial charge is 0.367 e. The first-order chi connectivity index (χ1) is 69.3. The molecule has 0 atom stereocenters. The maximum Gasteiger partial charge on any atom is 0.261 e. The minimum absolute atomic E-state index is 0.0129. The molecule has 28 nitrogen and oxygen atoms in total.